The third kappa shape index (κ3) is 9.53. The minimum absolute atomic E-state index is 0.0320. The topological polar surface area (TPSA) is 78.9 Å². The molecule has 0 amide bonds. The molecule has 6 nitrogen and oxygen atoms in total. The molecule has 0 saturated carbocycles. The first-order valence-electron chi connectivity index (χ1n) is 9.20. The van der Waals surface area contributed by atoms with Crippen LogP contribution in [0.3, 0.4) is 0 Å². The van der Waals surface area contributed by atoms with E-state index in [-0.39, 0.29) is 12.0 Å². The number of carbonyl (C=O) groups is 3. The normalized spacial score (nSPS) is 14.8. The van der Waals surface area contributed by atoms with Gasteiger partial charge in [-0.2, -0.15) is 0 Å². The Kier molecular flexibility index (Phi) is 9.92. The van der Waals surface area contributed by atoms with Gasteiger partial charge in [-0.3, -0.25) is 0 Å². The summed E-state index contributed by atoms with van der Waals surface area (Å²) in [5, 5.41) is 0. The molecule has 0 aliphatic rings. The first-order valence-corrected chi connectivity index (χ1v) is 9.20. The van der Waals surface area contributed by atoms with Crippen molar-refractivity contribution in [2.24, 2.45) is 16.7 Å². The number of ether oxygens (including phenoxy) is 3. The van der Waals surface area contributed by atoms with E-state index in [4.69, 9.17) is 14.2 Å². The van der Waals surface area contributed by atoms with Gasteiger partial charge in [-0.05, 0) is 17.3 Å². The molecule has 0 aliphatic heterocycles. The Balaban J connectivity index is 6.10. The van der Waals surface area contributed by atoms with Crippen molar-refractivity contribution in [2.45, 2.75) is 60.2 Å². The van der Waals surface area contributed by atoms with Crippen molar-refractivity contribution in [1.29, 1.82) is 0 Å². The highest BCUT2D eigenvalue weighted by molar-refractivity contribution is 5.82. The van der Waals surface area contributed by atoms with Crippen LogP contribution < -0.4 is 0 Å². The standard InChI is InChI=1S/C22H34O6/c1-10-17(23)26-14-15(22(7,8)9)20(28-19(25)12-3)16(13-21(4,5)6)27-18(24)11-2/h10-12,15-16,20H,1-3,13-14H2,4-9H3. The second-order valence-electron chi connectivity index (χ2n) is 8.86. The van der Waals surface area contributed by atoms with Crippen LogP contribution in [0, 0.1) is 16.7 Å². The van der Waals surface area contributed by atoms with E-state index in [9.17, 15) is 14.4 Å². The predicted molar refractivity (Wildman–Crippen MR) is 108 cm³/mol. The zero-order chi connectivity index (χ0) is 22.1. The summed E-state index contributed by atoms with van der Waals surface area (Å²) in [6, 6.07) is 0. The van der Waals surface area contributed by atoms with Crippen LogP contribution in [0.15, 0.2) is 38.0 Å². The third-order valence-electron chi connectivity index (χ3n) is 4.11. The van der Waals surface area contributed by atoms with Crippen molar-refractivity contribution < 1.29 is 28.6 Å². The fourth-order valence-electron chi connectivity index (χ4n) is 2.69. The second-order valence-corrected chi connectivity index (χ2v) is 8.86. The van der Waals surface area contributed by atoms with E-state index in [1.54, 1.807) is 0 Å². The van der Waals surface area contributed by atoms with Gasteiger partial charge in [0.05, 0.1) is 6.61 Å². The van der Waals surface area contributed by atoms with Gasteiger partial charge in [0.25, 0.3) is 0 Å². The number of carbonyl (C=O) groups excluding carboxylic acids is 3. The number of hydrogen-bond donors (Lipinski definition) is 0. The molecular weight excluding hydrogens is 360 g/mol. The quantitative estimate of drug-likeness (QED) is 0.316. The molecule has 0 radical (unpaired) electrons. The molecule has 0 spiro atoms. The smallest absolute Gasteiger partial charge is 0.330 e. The summed E-state index contributed by atoms with van der Waals surface area (Å²) in [5.41, 5.74) is -0.671. The predicted octanol–water partition coefficient (Wildman–Crippen LogP) is 4.01. The Labute approximate surface area is 168 Å². The first-order chi connectivity index (χ1) is 12.7. The first kappa shape index (κ1) is 25.6. The third-order valence-corrected chi connectivity index (χ3v) is 4.11. The highest BCUT2D eigenvalue weighted by Gasteiger charge is 2.43. The van der Waals surface area contributed by atoms with Gasteiger partial charge in [0, 0.05) is 24.1 Å². The molecule has 158 valence electrons. The Morgan fingerprint density at radius 3 is 1.68 bits per heavy atom. The zero-order valence-corrected chi connectivity index (χ0v) is 17.9. The molecular formula is C22H34O6. The Morgan fingerprint density at radius 1 is 0.821 bits per heavy atom. The number of rotatable bonds is 10. The molecule has 0 aromatic heterocycles. The molecule has 0 aromatic rings. The summed E-state index contributed by atoms with van der Waals surface area (Å²) >= 11 is 0. The van der Waals surface area contributed by atoms with E-state index in [0.717, 1.165) is 18.2 Å². The zero-order valence-electron chi connectivity index (χ0n) is 17.9. The summed E-state index contributed by atoms with van der Waals surface area (Å²) in [4.78, 5) is 35.6. The van der Waals surface area contributed by atoms with Gasteiger partial charge in [-0.25, -0.2) is 14.4 Å². The second kappa shape index (κ2) is 10.8. The lowest BCUT2D eigenvalue weighted by atomic mass is 9.74. The van der Waals surface area contributed by atoms with E-state index >= 15 is 0 Å². The minimum atomic E-state index is -0.855. The van der Waals surface area contributed by atoms with Crippen LogP contribution in [-0.2, 0) is 28.6 Å². The fraction of sp³-hybridized carbons (Fsp3) is 0.591. The van der Waals surface area contributed by atoms with E-state index < -0.39 is 41.4 Å². The lowest BCUT2D eigenvalue weighted by Gasteiger charge is -2.40. The van der Waals surface area contributed by atoms with Crippen LogP contribution in [0.2, 0.25) is 0 Å². The Bertz CT molecular complexity index is 591. The lowest BCUT2D eigenvalue weighted by Crippen LogP contribution is -2.48. The van der Waals surface area contributed by atoms with Crippen LogP contribution in [0.5, 0.6) is 0 Å². The lowest BCUT2D eigenvalue weighted by molar-refractivity contribution is -0.177. The van der Waals surface area contributed by atoms with Gasteiger partial charge in [0.15, 0.2) is 0 Å². The SMILES string of the molecule is C=CC(=O)OCC(C(OC(=O)C=C)C(CC(C)(C)C)OC(=O)C=C)C(C)(C)C. The summed E-state index contributed by atoms with van der Waals surface area (Å²) in [6.07, 6.45) is 1.98. The molecule has 0 heterocycles. The summed E-state index contributed by atoms with van der Waals surface area (Å²) in [7, 11) is 0. The molecule has 0 fully saturated rings. The van der Waals surface area contributed by atoms with Crippen molar-refractivity contribution in [3.63, 3.8) is 0 Å². The van der Waals surface area contributed by atoms with Gasteiger partial charge < -0.3 is 14.2 Å². The molecule has 6 heteroatoms. The number of esters is 3. The minimum Gasteiger partial charge on any atom is -0.462 e. The number of hydrogen-bond acceptors (Lipinski definition) is 6. The van der Waals surface area contributed by atoms with Crippen molar-refractivity contribution in [2.75, 3.05) is 6.61 Å². The Morgan fingerprint density at radius 2 is 1.29 bits per heavy atom. The molecule has 28 heavy (non-hydrogen) atoms. The molecule has 3 atom stereocenters. The fourth-order valence-corrected chi connectivity index (χ4v) is 2.69. The molecule has 0 rings (SSSR count). The van der Waals surface area contributed by atoms with Crippen LogP contribution >= 0.6 is 0 Å². The van der Waals surface area contributed by atoms with Crippen molar-refractivity contribution >= 4 is 17.9 Å². The molecule has 3 unspecified atom stereocenters. The summed E-state index contributed by atoms with van der Waals surface area (Å²) in [5.74, 6) is -2.31. The van der Waals surface area contributed by atoms with Crippen molar-refractivity contribution in [3.8, 4) is 0 Å². The van der Waals surface area contributed by atoms with Crippen LogP contribution in [0.4, 0.5) is 0 Å². The van der Waals surface area contributed by atoms with E-state index in [1.807, 2.05) is 41.5 Å². The van der Waals surface area contributed by atoms with Crippen LogP contribution in [-0.4, -0.2) is 36.7 Å². The van der Waals surface area contributed by atoms with Gasteiger partial charge in [0.1, 0.15) is 12.2 Å². The van der Waals surface area contributed by atoms with Crippen LogP contribution in [0.1, 0.15) is 48.0 Å². The summed E-state index contributed by atoms with van der Waals surface area (Å²) in [6.45, 7) is 22.0. The Hall–Kier alpha value is -2.37. The van der Waals surface area contributed by atoms with Crippen molar-refractivity contribution in [1.82, 2.24) is 0 Å². The van der Waals surface area contributed by atoms with E-state index in [2.05, 4.69) is 19.7 Å². The molecule has 0 saturated heterocycles. The largest absolute Gasteiger partial charge is 0.462 e. The van der Waals surface area contributed by atoms with Gasteiger partial charge in [-0.15, -0.1) is 0 Å². The average molecular weight is 395 g/mol. The monoisotopic (exact) mass is 394 g/mol. The maximum Gasteiger partial charge on any atom is 0.330 e. The maximum atomic E-state index is 12.0. The van der Waals surface area contributed by atoms with Gasteiger partial charge >= 0.3 is 17.9 Å². The van der Waals surface area contributed by atoms with Gasteiger partial charge in [0.2, 0.25) is 0 Å². The molecule has 0 aromatic carbocycles. The molecule has 0 aliphatic carbocycles. The highest BCUT2D eigenvalue weighted by atomic mass is 16.6. The van der Waals surface area contributed by atoms with Crippen molar-refractivity contribution in [3.05, 3.63) is 38.0 Å². The highest BCUT2D eigenvalue weighted by Crippen LogP contribution is 2.36. The molecule has 0 N–H and O–H groups in total. The average Bonchev–Trinajstić information content (AvgIpc) is 2.57. The maximum absolute atomic E-state index is 12.0. The molecule has 0 bridgehead atoms. The van der Waals surface area contributed by atoms with Crippen LogP contribution in [0.25, 0.3) is 0 Å². The van der Waals surface area contributed by atoms with E-state index in [0.29, 0.717) is 6.42 Å². The van der Waals surface area contributed by atoms with E-state index in [1.165, 1.54) is 0 Å². The van der Waals surface area contributed by atoms with Gasteiger partial charge in [-0.1, -0.05) is 61.3 Å². The summed E-state index contributed by atoms with van der Waals surface area (Å²) < 4.78 is 16.4.